The Morgan fingerprint density at radius 2 is 1.42 bits per heavy atom. The summed E-state index contributed by atoms with van der Waals surface area (Å²) in [6.07, 6.45) is -1.31. The summed E-state index contributed by atoms with van der Waals surface area (Å²) < 4.78 is 5.50. The molecule has 0 unspecified atom stereocenters. The minimum absolute atomic E-state index is 0.465. The van der Waals surface area contributed by atoms with Gasteiger partial charge in [-0.3, -0.25) is 0 Å². The first-order valence-electron chi connectivity index (χ1n) is 8.65. The fourth-order valence-corrected chi connectivity index (χ4v) is 9.20. The van der Waals surface area contributed by atoms with Crippen LogP contribution >= 0.6 is 11.6 Å². The smallest absolute Gasteiger partial charge is 0.146 e. The van der Waals surface area contributed by atoms with Crippen molar-refractivity contribution in [1.82, 2.24) is 0 Å². The van der Waals surface area contributed by atoms with Gasteiger partial charge >= 0.3 is 0 Å². The van der Waals surface area contributed by atoms with Crippen molar-refractivity contribution in [3.63, 3.8) is 0 Å². The van der Waals surface area contributed by atoms with Crippen LogP contribution < -0.4 is 0 Å². The molecule has 0 aliphatic rings. The van der Waals surface area contributed by atoms with Gasteiger partial charge in [0.2, 0.25) is 0 Å². The number of methoxy groups -OCH3 is 1. The maximum absolute atomic E-state index is 10.6. The van der Waals surface area contributed by atoms with Crippen LogP contribution in [0.15, 0.2) is 24.3 Å². The molecular weight excluding hydrogens is 336 g/mol. The van der Waals surface area contributed by atoms with Crippen LogP contribution in [0.2, 0.25) is 21.6 Å². The number of hydrogen-bond donors (Lipinski definition) is 1. The van der Waals surface area contributed by atoms with Gasteiger partial charge in [-0.25, -0.2) is 0 Å². The van der Waals surface area contributed by atoms with E-state index in [1.54, 1.807) is 19.2 Å². The van der Waals surface area contributed by atoms with Crippen molar-refractivity contribution < 1.29 is 9.84 Å². The second-order valence-corrected chi connectivity index (χ2v) is 13.3. The Morgan fingerprint density at radius 1 is 0.958 bits per heavy atom. The third-order valence-corrected chi connectivity index (χ3v) is 11.6. The summed E-state index contributed by atoms with van der Waals surface area (Å²) in [6.45, 7) is 13.6. The molecule has 4 heteroatoms. The minimum Gasteiger partial charge on any atom is -0.377 e. The van der Waals surface area contributed by atoms with E-state index < -0.39 is 20.3 Å². The molecule has 0 amide bonds. The fraction of sp³-hybridized carbons (Fsp3) is 0.600. The van der Waals surface area contributed by atoms with E-state index in [4.69, 9.17) is 16.3 Å². The molecule has 1 aromatic carbocycles. The van der Waals surface area contributed by atoms with E-state index in [-0.39, 0.29) is 0 Å². The second kappa shape index (κ2) is 9.06. The molecule has 1 rings (SSSR count). The zero-order chi connectivity index (χ0) is 18.5. The van der Waals surface area contributed by atoms with Crippen molar-refractivity contribution in [3.05, 3.63) is 34.9 Å². The number of aliphatic hydroxyl groups is 1. The Labute approximate surface area is 153 Å². The molecule has 0 spiro atoms. The number of ether oxygens (including phenoxy) is 1. The lowest BCUT2D eigenvalue weighted by molar-refractivity contribution is 0.0155. The number of rotatable bonds is 6. The van der Waals surface area contributed by atoms with Crippen LogP contribution in [-0.4, -0.2) is 26.4 Å². The van der Waals surface area contributed by atoms with Crippen molar-refractivity contribution in [2.24, 2.45) is 0 Å². The van der Waals surface area contributed by atoms with Gasteiger partial charge in [-0.05, 0) is 34.3 Å². The number of aliphatic hydroxyl groups excluding tert-OH is 1. The summed E-state index contributed by atoms with van der Waals surface area (Å²) in [4.78, 5) is 0. The van der Waals surface area contributed by atoms with Gasteiger partial charge in [-0.15, -0.1) is 5.54 Å². The van der Waals surface area contributed by atoms with Gasteiger partial charge in [0, 0.05) is 12.1 Å². The summed E-state index contributed by atoms with van der Waals surface area (Å²) in [6, 6.07) is 7.36. The molecule has 0 bridgehead atoms. The molecule has 0 radical (unpaired) electrons. The zero-order valence-corrected chi connectivity index (χ0v) is 17.7. The van der Waals surface area contributed by atoms with Crippen LogP contribution in [0.5, 0.6) is 0 Å². The number of halogens is 1. The number of benzene rings is 1. The zero-order valence-electron chi connectivity index (χ0n) is 15.9. The molecule has 0 saturated carbocycles. The van der Waals surface area contributed by atoms with Gasteiger partial charge in [-0.1, -0.05) is 71.2 Å². The maximum atomic E-state index is 10.6. The third-order valence-electron chi connectivity index (χ3n) is 5.04. The van der Waals surface area contributed by atoms with E-state index in [1.807, 2.05) is 12.1 Å². The lowest BCUT2D eigenvalue weighted by atomic mass is 10.1. The average Bonchev–Trinajstić information content (AvgIpc) is 2.49. The SMILES string of the molecule is CO[C@H](c1ccc(Cl)cc1)[C@H](O)C#C[Si](C(C)C)(C(C)C)C(C)C. The van der Waals surface area contributed by atoms with Crippen LogP contribution in [0, 0.1) is 11.5 Å². The van der Waals surface area contributed by atoms with Gasteiger partial charge in [0.15, 0.2) is 0 Å². The molecule has 0 fully saturated rings. The van der Waals surface area contributed by atoms with Crippen LogP contribution in [0.4, 0.5) is 0 Å². The van der Waals surface area contributed by atoms with E-state index in [2.05, 4.69) is 53.0 Å². The van der Waals surface area contributed by atoms with E-state index in [9.17, 15) is 5.11 Å². The second-order valence-electron chi connectivity index (χ2n) is 7.32. The maximum Gasteiger partial charge on any atom is 0.146 e. The molecular formula is C20H31ClO2Si. The van der Waals surface area contributed by atoms with E-state index in [0.717, 1.165) is 5.56 Å². The first kappa shape index (κ1) is 21.2. The molecule has 0 aliphatic carbocycles. The van der Waals surface area contributed by atoms with Gasteiger partial charge in [0.25, 0.3) is 0 Å². The van der Waals surface area contributed by atoms with Gasteiger partial charge in [0.05, 0.1) is 0 Å². The normalized spacial score (nSPS) is 14.7. The van der Waals surface area contributed by atoms with Crippen LogP contribution in [0.1, 0.15) is 53.2 Å². The van der Waals surface area contributed by atoms with Crippen LogP contribution in [0.25, 0.3) is 0 Å². The summed E-state index contributed by atoms with van der Waals surface area (Å²) in [5.41, 5.74) is 6.05. The molecule has 1 aromatic rings. The van der Waals surface area contributed by atoms with E-state index in [0.29, 0.717) is 21.6 Å². The van der Waals surface area contributed by atoms with E-state index >= 15 is 0 Å². The highest BCUT2D eigenvalue weighted by atomic mass is 35.5. The summed E-state index contributed by atoms with van der Waals surface area (Å²) in [7, 11) is -0.257. The Bertz CT molecular complexity index is 548. The van der Waals surface area contributed by atoms with Gasteiger partial charge in [-0.2, -0.15) is 0 Å². The van der Waals surface area contributed by atoms with Crippen LogP contribution in [0.3, 0.4) is 0 Å². The van der Waals surface area contributed by atoms with E-state index in [1.165, 1.54) is 0 Å². The van der Waals surface area contributed by atoms with Crippen LogP contribution in [-0.2, 0) is 4.74 Å². The number of hydrogen-bond acceptors (Lipinski definition) is 2. The Kier molecular flexibility index (Phi) is 8.02. The van der Waals surface area contributed by atoms with Crippen molar-refractivity contribution in [3.8, 4) is 11.5 Å². The molecule has 0 saturated heterocycles. The topological polar surface area (TPSA) is 29.5 Å². The predicted molar refractivity (Wildman–Crippen MR) is 106 cm³/mol. The summed E-state index contributed by atoms with van der Waals surface area (Å²) in [5, 5.41) is 11.3. The van der Waals surface area contributed by atoms with Crippen molar-refractivity contribution in [2.75, 3.05) is 7.11 Å². The highest BCUT2D eigenvalue weighted by Crippen LogP contribution is 2.40. The van der Waals surface area contributed by atoms with Crippen molar-refractivity contribution in [2.45, 2.75) is 70.4 Å². The average molecular weight is 367 g/mol. The molecule has 0 aromatic heterocycles. The molecule has 2 atom stereocenters. The molecule has 0 heterocycles. The Balaban J connectivity index is 3.16. The quantitative estimate of drug-likeness (QED) is 0.523. The lowest BCUT2D eigenvalue weighted by Crippen LogP contribution is -2.43. The van der Waals surface area contributed by atoms with Gasteiger partial charge < -0.3 is 9.84 Å². The van der Waals surface area contributed by atoms with Gasteiger partial charge in [0.1, 0.15) is 20.3 Å². The highest BCUT2D eigenvalue weighted by molar-refractivity contribution is 6.90. The molecule has 0 aliphatic heterocycles. The Hall–Kier alpha value is -0.793. The first-order chi connectivity index (χ1) is 11.2. The monoisotopic (exact) mass is 366 g/mol. The fourth-order valence-electron chi connectivity index (χ4n) is 3.81. The van der Waals surface area contributed by atoms with Crippen molar-refractivity contribution >= 4 is 19.7 Å². The molecule has 134 valence electrons. The van der Waals surface area contributed by atoms with Crippen molar-refractivity contribution in [1.29, 1.82) is 0 Å². The highest BCUT2D eigenvalue weighted by Gasteiger charge is 2.41. The molecule has 1 N–H and O–H groups in total. The first-order valence-corrected chi connectivity index (χ1v) is 11.3. The minimum atomic E-state index is -1.86. The lowest BCUT2D eigenvalue weighted by Gasteiger charge is -2.38. The summed E-state index contributed by atoms with van der Waals surface area (Å²) >= 11 is 5.94. The molecule has 2 nitrogen and oxygen atoms in total. The largest absolute Gasteiger partial charge is 0.377 e. The predicted octanol–water partition coefficient (Wildman–Crippen LogP) is 5.61. The molecule has 24 heavy (non-hydrogen) atoms. The standard InChI is InChI=1S/C20H31ClO2Si/c1-14(2)24(15(3)4,16(5)6)13-12-19(22)20(23-7)17-8-10-18(21)11-9-17/h8-11,14-16,19-20,22H,1-7H3/t19-,20-/m1/s1. The summed E-state index contributed by atoms with van der Waals surface area (Å²) in [5.74, 6) is 3.14. The third kappa shape index (κ3) is 4.64. The Morgan fingerprint density at radius 3 is 1.79 bits per heavy atom.